The number of rotatable bonds is 11. The number of carbonyl (C=O) groups excluding carboxylic acids is 4. The van der Waals surface area contributed by atoms with Crippen molar-refractivity contribution in [2.24, 2.45) is 17.8 Å². The topological polar surface area (TPSA) is 200 Å². The van der Waals surface area contributed by atoms with Gasteiger partial charge in [0.05, 0.1) is 55.8 Å². The number of ether oxygens (including phenoxy) is 3. The molecule has 16 nitrogen and oxygen atoms in total. The van der Waals surface area contributed by atoms with Crippen LogP contribution in [0.4, 0.5) is 9.59 Å². The fourth-order valence-corrected chi connectivity index (χ4v) is 10.5. The van der Waals surface area contributed by atoms with Gasteiger partial charge in [-0.2, -0.15) is 0 Å². The Kier molecular flexibility index (Phi) is 12.3. The highest BCUT2D eigenvalue weighted by Crippen LogP contribution is 2.51. The number of methoxy groups -OCH3 is 2. The Labute approximate surface area is 379 Å². The summed E-state index contributed by atoms with van der Waals surface area (Å²) in [5.74, 6) is 2.08. The Bertz CT molecular complexity index is 2570. The van der Waals surface area contributed by atoms with Crippen LogP contribution in [-0.2, 0) is 19.1 Å². The van der Waals surface area contributed by atoms with Crippen LogP contribution in [0.5, 0.6) is 5.75 Å². The molecule has 2 aromatic carbocycles. The van der Waals surface area contributed by atoms with Crippen LogP contribution in [-0.4, -0.2) is 98.1 Å². The molecule has 3 fully saturated rings. The van der Waals surface area contributed by atoms with Gasteiger partial charge in [0, 0.05) is 52.2 Å². The van der Waals surface area contributed by atoms with E-state index in [0.717, 1.165) is 94.8 Å². The molecule has 1 unspecified atom stereocenters. The molecule has 1 saturated carbocycles. The number of carbonyl (C=O) groups is 4. The third-order valence-electron chi connectivity index (χ3n) is 14.0. The molecule has 3 aromatic heterocycles. The van der Waals surface area contributed by atoms with Crippen LogP contribution in [0, 0.1) is 17.8 Å². The number of hydrogen-bond donors (Lipinski definition) is 5. The standard InChI is InChI=1S/C49H61N9O7/c1-26(2)40(55-48(61)63-5)46(59)57-20-10-14-36(57)44-50-24-34(53-44)29-17-19-33-32(22-29)39-42(52-33)31-18-16-30(23-38(31)65-43(39)28-12-8-7-9-13-28)35-25-51-45(54-35)37-15-11-21-58(37)47(60)41(27(3)4)56-49(62)64-6/h16-19,22-28,36-37,40-41,43,52H,7-15,20-21H2,1-6H3,(H,50,53)(H,51,54)(H,55,61)(H,56,62)/t36-,37-,40-,41-,43?/m0/s1. The predicted octanol–water partition coefficient (Wildman–Crippen LogP) is 8.72. The number of aromatic amines is 3. The monoisotopic (exact) mass is 887 g/mol. The molecule has 0 spiro atoms. The number of aromatic nitrogens is 5. The number of nitrogens with one attached hydrogen (secondary N) is 5. The number of likely N-dealkylation sites (tertiary alicyclic amines) is 2. The summed E-state index contributed by atoms with van der Waals surface area (Å²) in [6, 6.07) is 10.9. The van der Waals surface area contributed by atoms with Crippen molar-refractivity contribution in [1.82, 2.24) is 45.4 Å². The van der Waals surface area contributed by atoms with Crippen molar-refractivity contribution in [3.63, 3.8) is 0 Å². The molecule has 0 bridgehead atoms. The molecule has 5 aromatic rings. The van der Waals surface area contributed by atoms with Gasteiger partial charge in [-0.25, -0.2) is 19.6 Å². The zero-order valence-electron chi connectivity index (χ0n) is 38.2. The van der Waals surface area contributed by atoms with Gasteiger partial charge in [-0.05, 0) is 74.6 Å². The lowest BCUT2D eigenvalue weighted by Gasteiger charge is -2.35. The highest BCUT2D eigenvalue weighted by molar-refractivity contribution is 5.96. The Hall–Kier alpha value is -6.32. The van der Waals surface area contributed by atoms with Crippen LogP contribution in [0.15, 0.2) is 48.8 Å². The van der Waals surface area contributed by atoms with E-state index >= 15 is 0 Å². The van der Waals surface area contributed by atoms with Crippen molar-refractivity contribution in [3.05, 3.63) is 66.0 Å². The summed E-state index contributed by atoms with van der Waals surface area (Å²) in [5.41, 5.74) is 7.89. The van der Waals surface area contributed by atoms with Crippen LogP contribution < -0.4 is 15.4 Å². The molecule has 5 atom stereocenters. The van der Waals surface area contributed by atoms with Gasteiger partial charge in [-0.1, -0.05) is 59.1 Å². The number of fused-ring (bicyclic) bond motifs is 5. The van der Waals surface area contributed by atoms with Gasteiger partial charge in [0.15, 0.2) is 0 Å². The maximum absolute atomic E-state index is 13.8. The molecule has 344 valence electrons. The second-order valence-electron chi connectivity index (χ2n) is 18.8. The van der Waals surface area contributed by atoms with Crippen molar-refractivity contribution in [2.45, 2.75) is 116 Å². The molecule has 4 amide bonds. The zero-order valence-corrected chi connectivity index (χ0v) is 38.2. The average Bonchev–Trinajstić information content (AvgIpc) is 4.18. The quantitative estimate of drug-likeness (QED) is 0.0861. The van der Waals surface area contributed by atoms with Gasteiger partial charge in [0.25, 0.3) is 0 Å². The third-order valence-corrected chi connectivity index (χ3v) is 14.0. The number of benzene rings is 2. The lowest BCUT2D eigenvalue weighted by molar-refractivity contribution is -0.136. The van der Waals surface area contributed by atoms with E-state index in [4.69, 9.17) is 24.2 Å². The molecular formula is C49H61N9O7. The number of nitrogens with zero attached hydrogens (tertiary/aromatic N) is 4. The number of hydrogen-bond acceptors (Lipinski definition) is 9. The maximum Gasteiger partial charge on any atom is 0.407 e. The van der Waals surface area contributed by atoms with E-state index in [1.807, 2.05) is 49.9 Å². The van der Waals surface area contributed by atoms with E-state index in [9.17, 15) is 19.2 Å². The summed E-state index contributed by atoms with van der Waals surface area (Å²) in [5, 5.41) is 6.57. The molecular weight excluding hydrogens is 827 g/mol. The second-order valence-corrected chi connectivity index (χ2v) is 18.8. The highest BCUT2D eigenvalue weighted by atomic mass is 16.5. The Morgan fingerprint density at radius 3 is 1.77 bits per heavy atom. The SMILES string of the molecule is COC(=O)N[C@H](C(=O)N1CCC[C@H]1c1ncc(-c2ccc3c(c2)OC(C2CCCCC2)c2c-3[nH]c3ccc(-c4cnc([C@@H]5CCCN5C(=O)[C@@H](NC(=O)OC)C(C)C)[nH]4)cc23)[nH]1)C(C)C. The number of H-pyrrole nitrogens is 3. The molecule has 4 aliphatic rings. The van der Waals surface area contributed by atoms with Crippen molar-refractivity contribution in [3.8, 4) is 39.5 Å². The van der Waals surface area contributed by atoms with Crippen molar-refractivity contribution in [1.29, 1.82) is 0 Å². The summed E-state index contributed by atoms with van der Waals surface area (Å²) < 4.78 is 16.8. The molecule has 16 heteroatoms. The summed E-state index contributed by atoms with van der Waals surface area (Å²) >= 11 is 0. The molecule has 3 aliphatic heterocycles. The number of amides is 4. The first-order chi connectivity index (χ1) is 31.4. The Balaban J connectivity index is 0.998. The van der Waals surface area contributed by atoms with E-state index in [0.29, 0.717) is 24.8 Å². The van der Waals surface area contributed by atoms with Crippen LogP contribution in [0.2, 0.25) is 0 Å². The molecule has 1 aliphatic carbocycles. The van der Waals surface area contributed by atoms with Gasteiger partial charge in [-0.3, -0.25) is 9.59 Å². The molecule has 9 rings (SSSR count). The van der Waals surface area contributed by atoms with Crippen molar-refractivity contribution < 1.29 is 33.4 Å². The molecule has 65 heavy (non-hydrogen) atoms. The lowest BCUT2D eigenvalue weighted by Crippen LogP contribution is -2.51. The summed E-state index contributed by atoms with van der Waals surface area (Å²) in [6.45, 7) is 8.81. The largest absolute Gasteiger partial charge is 0.485 e. The second kappa shape index (κ2) is 18.3. The zero-order chi connectivity index (χ0) is 45.5. The first kappa shape index (κ1) is 43.9. The smallest absolute Gasteiger partial charge is 0.407 e. The van der Waals surface area contributed by atoms with Crippen LogP contribution in [0.1, 0.15) is 121 Å². The normalized spacial score (nSPS) is 20.6. The minimum absolute atomic E-state index is 0.120. The van der Waals surface area contributed by atoms with Crippen molar-refractivity contribution >= 4 is 34.9 Å². The van der Waals surface area contributed by atoms with Crippen molar-refractivity contribution in [2.75, 3.05) is 27.3 Å². The van der Waals surface area contributed by atoms with E-state index < -0.39 is 24.3 Å². The average molecular weight is 888 g/mol. The van der Waals surface area contributed by atoms with Crippen LogP contribution in [0.3, 0.4) is 0 Å². The first-order valence-corrected chi connectivity index (χ1v) is 23.3. The van der Waals surface area contributed by atoms with E-state index in [1.54, 1.807) is 0 Å². The van der Waals surface area contributed by atoms with Crippen LogP contribution in [0.25, 0.3) is 44.7 Å². The number of alkyl carbamates (subject to hydrolysis) is 2. The first-order valence-electron chi connectivity index (χ1n) is 23.3. The van der Waals surface area contributed by atoms with E-state index in [-0.39, 0.29) is 41.8 Å². The Morgan fingerprint density at radius 1 is 0.692 bits per heavy atom. The van der Waals surface area contributed by atoms with Gasteiger partial charge in [-0.15, -0.1) is 0 Å². The van der Waals surface area contributed by atoms with E-state index in [2.05, 4.69) is 62.0 Å². The molecule has 6 heterocycles. The number of imidazole rings is 2. The minimum atomic E-state index is -0.707. The summed E-state index contributed by atoms with van der Waals surface area (Å²) in [6.07, 6.45) is 11.2. The van der Waals surface area contributed by atoms with Gasteiger partial charge >= 0.3 is 12.2 Å². The molecule has 5 N–H and O–H groups in total. The highest BCUT2D eigenvalue weighted by Gasteiger charge is 2.40. The molecule has 0 radical (unpaired) electrons. The fraction of sp³-hybridized carbons (Fsp3) is 0.510. The van der Waals surface area contributed by atoms with E-state index in [1.165, 1.54) is 39.0 Å². The minimum Gasteiger partial charge on any atom is -0.485 e. The Morgan fingerprint density at radius 2 is 1.23 bits per heavy atom. The van der Waals surface area contributed by atoms with Gasteiger partial charge in [0.1, 0.15) is 35.6 Å². The summed E-state index contributed by atoms with van der Waals surface area (Å²) in [4.78, 5) is 76.0. The van der Waals surface area contributed by atoms with Crippen LogP contribution >= 0.6 is 0 Å². The fourth-order valence-electron chi connectivity index (χ4n) is 10.5. The van der Waals surface area contributed by atoms with Gasteiger partial charge < -0.3 is 49.6 Å². The summed E-state index contributed by atoms with van der Waals surface area (Å²) in [7, 11) is 2.60. The van der Waals surface area contributed by atoms with Gasteiger partial charge in [0.2, 0.25) is 11.8 Å². The lowest BCUT2D eigenvalue weighted by atomic mass is 9.80. The molecule has 2 saturated heterocycles. The maximum atomic E-state index is 13.8. The predicted molar refractivity (Wildman–Crippen MR) is 245 cm³/mol. The third kappa shape index (κ3) is 8.43.